The zero-order valence-electron chi connectivity index (χ0n) is 16.0. The van der Waals surface area contributed by atoms with Crippen molar-refractivity contribution in [2.75, 3.05) is 11.9 Å². The summed E-state index contributed by atoms with van der Waals surface area (Å²) in [4.78, 5) is 34.4. The second-order valence-corrected chi connectivity index (χ2v) is 8.05. The number of thioether (sulfide) groups is 1. The zero-order chi connectivity index (χ0) is 20.2. The maximum absolute atomic E-state index is 13.5. The van der Waals surface area contributed by atoms with Gasteiger partial charge in [0.15, 0.2) is 0 Å². The van der Waals surface area contributed by atoms with Crippen LogP contribution in [0.1, 0.15) is 23.6 Å². The summed E-state index contributed by atoms with van der Waals surface area (Å²) in [6, 6.07) is 15.0. The molecule has 0 bridgehead atoms. The van der Waals surface area contributed by atoms with Crippen molar-refractivity contribution in [1.82, 2.24) is 9.97 Å². The molecule has 2 atom stereocenters. The van der Waals surface area contributed by atoms with Gasteiger partial charge >= 0.3 is 5.97 Å². The molecule has 2 aliphatic rings. The van der Waals surface area contributed by atoms with E-state index in [1.165, 1.54) is 11.8 Å². The van der Waals surface area contributed by atoms with Crippen LogP contribution in [0.15, 0.2) is 59.1 Å². The highest BCUT2D eigenvalue weighted by atomic mass is 35.5. The number of amides is 1. The number of benzene rings is 2. The highest BCUT2D eigenvalue weighted by Gasteiger charge is 2.63. The van der Waals surface area contributed by atoms with Gasteiger partial charge in [-0.2, -0.15) is 0 Å². The fraction of sp³-hybridized carbons (Fsp3) is 0.190. The second kappa shape index (κ2) is 7.37. The Bertz CT molecular complexity index is 1170. The molecule has 0 fully saturated rings. The summed E-state index contributed by atoms with van der Waals surface area (Å²) in [6.07, 6.45) is 0. The largest absolute Gasteiger partial charge is 0.463 e. The van der Waals surface area contributed by atoms with E-state index in [2.05, 4.69) is 10.3 Å². The van der Waals surface area contributed by atoms with Crippen molar-refractivity contribution in [1.29, 1.82) is 0 Å². The minimum atomic E-state index is -1.31. The average Bonchev–Trinajstić information content (AvgIpc) is 3.35. The Kier molecular flexibility index (Phi) is 4.99. The molecule has 154 valence electrons. The summed E-state index contributed by atoms with van der Waals surface area (Å²) in [5, 5.41) is 2.67. The molecule has 3 heterocycles. The van der Waals surface area contributed by atoms with Crippen LogP contribution in [-0.4, -0.2) is 28.5 Å². The van der Waals surface area contributed by atoms with E-state index in [4.69, 9.17) is 15.5 Å². The number of fused-ring (bicyclic) bond motifs is 3. The van der Waals surface area contributed by atoms with Crippen LogP contribution in [0.3, 0.4) is 0 Å². The number of nitrogens with two attached hydrogens (primary N) is 1. The lowest BCUT2D eigenvalue weighted by Crippen LogP contribution is -2.42. The molecule has 4 N–H and O–H groups in total. The number of nitrogens with one attached hydrogen (secondary N) is 2. The molecule has 0 saturated heterocycles. The first-order valence-corrected chi connectivity index (χ1v) is 10.1. The van der Waals surface area contributed by atoms with E-state index in [-0.39, 0.29) is 35.5 Å². The number of carbonyl (C=O) groups is 2. The number of aromatic nitrogens is 2. The van der Waals surface area contributed by atoms with Crippen molar-refractivity contribution in [2.45, 2.75) is 17.6 Å². The summed E-state index contributed by atoms with van der Waals surface area (Å²) >= 11 is 1.26. The second-order valence-electron chi connectivity index (χ2n) is 6.90. The van der Waals surface area contributed by atoms with Crippen molar-refractivity contribution in [3.8, 4) is 0 Å². The van der Waals surface area contributed by atoms with Crippen LogP contribution in [0.4, 0.5) is 5.69 Å². The number of hydrogen-bond acceptors (Lipinski definition) is 6. The van der Waals surface area contributed by atoms with Gasteiger partial charge in [-0.1, -0.05) is 42.1 Å². The number of halogens is 1. The van der Waals surface area contributed by atoms with Crippen LogP contribution in [0.25, 0.3) is 11.0 Å². The number of imidazole rings is 1. The minimum Gasteiger partial charge on any atom is -0.463 e. The Morgan fingerprint density at radius 3 is 2.73 bits per heavy atom. The number of H-pyrrole nitrogens is 1. The van der Waals surface area contributed by atoms with E-state index < -0.39 is 16.6 Å². The molecule has 7 nitrogen and oxygen atoms in total. The molecule has 0 saturated carbocycles. The van der Waals surface area contributed by atoms with Crippen molar-refractivity contribution in [3.63, 3.8) is 0 Å². The first-order chi connectivity index (χ1) is 14.1. The third kappa shape index (κ3) is 2.64. The maximum atomic E-state index is 13.5. The molecule has 3 aromatic rings. The van der Waals surface area contributed by atoms with Crippen molar-refractivity contribution in [2.24, 2.45) is 5.73 Å². The zero-order valence-corrected chi connectivity index (χ0v) is 17.6. The molecule has 0 radical (unpaired) electrons. The van der Waals surface area contributed by atoms with Gasteiger partial charge in [-0.05, 0) is 30.7 Å². The quantitative estimate of drug-likeness (QED) is 0.536. The molecule has 0 aliphatic carbocycles. The van der Waals surface area contributed by atoms with E-state index in [1.807, 2.05) is 48.5 Å². The molecule has 2 unspecified atom stereocenters. The molecule has 2 aliphatic heterocycles. The van der Waals surface area contributed by atoms with Crippen molar-refractivity contribution in [3.05, 3.63) is 70.5 Å². The molecule has 9 heteroatoms. The molecule has 2 aromatic carbocycles. The predicted octanol–water partition coefficient (Wildman–Crippen LogP) is 3.40. The Morgan fingerprint density at radius 1 is 1.23 bits per heavy atom. The fourth-order valence-corrected chi connectivity index (χ4v) is 5.58. The summed E-state index contributed by atoms with van der Waals surface area (Å²) in [5.74, 6) is -0.298. The third-order valence-corrected chi connectivity index (χ3v) is 6.64. The minimum absolute atomic E-state index is 0. The van der Waals surface area contributed by atoms with Crippen LogP contribution in [0.2, 0.25) is 0 Å². The first-order valence-electron chi connectivity index (χ1n) is 9.27. The van der Waals surface area contributed by atoms with Crippen LogP contribution >= 0.6 is 24.2 Å². The van der Waals surface area contributed by atoms with E-state index in [0.29, 0.717) is 17.1 Å². The fourth-order valence-electron chi connectivity index (χ4n) is 4.21. The lowest BCUT2D eigenvalue weighted by Gasteiger charge is -2.29. The normalized spacial score (nSPS) is 22.2. The highest BCUT2D eigenvalue weighted by Crippen LogP contribution is 2.62. The number of nitrogens with zero attached hydrogens (tertiary/aromatic N) is 1. The third-order valence-electron chi connectivity index (χ3n) is 5.37. The predicted molar refractivity (Wildman–Crippen MR) is 118 cm³/mol. The Morgan fingerprint density at radius 2 is 1.97 bits per heavy atom. The van der Waals surface area contributed by atoms with Gasteiger partial charge in [0.2, 0.25) is 5.91 Å². The van der Waals surface area contributed by atoms with Gasteiger partial charge in [0.25, 0.3) is 0 Å². The van der Waals surface area contributed by atoms with Gasteiger partial charge in [0.05, 0.1) is 33.5 Å². The number of rotatable bonds is 3. The number of anilines is 1. The van der Waals surface area contributed by atoms with E-state index in [0.717, 1.165) is 11.0 Å². The molecule has 1 amide bonds. The first kappa shape index (κ1) is 20.3. The van der Waals surface area contributed by atoms with Gasteiger partial charge in [0.1, 0.15) is 11.2 Å². The standard InChI is InChI=1S/C21H18N4O3S.ClH/c1-2-28-19(26)15-17(22)29-16(18-23-13-9-5-6-10-14(13)24-18)21(15)11-7-3-4-8-12(11)25-20(21)27;/h3-10,16H,2,22H2,1H3,(H,23,24)(H,25,27);1H. The van der Waals surface area contributed by atoms with Crippen LogP contribution in [0, 0.1) is 0 Å². The topological polar surface area (TPSA) is 110 Å². The summed E-state index contributed by atoms with van der Waals surface area (Å²) in [7, 11) is 0. The number of carbonyl (C=O) groups excluding carboxylic acids is 2. The van der Waals surface area contributed by atoms with Gasteiger partial charge in [-0.3, -0.25) is 4.79 Å². The maximum Gasteiger partial charge on any atom is 0.338 e. The van der Waals surface area contributed by atoms with Crippen LogP contribution in [-0.2, 0) is 19.7 Å². The number of hydrogen-bond donors (Lipinski definition) is 3. The Hall–Kier alpha value is -2.97. The number of para-hydroxylation sites is 3. The van der Waals surface area contributed by atoms with Crippen molar-refractivity contribution >= 4 is 52.8 Å². The molecule has 1 spiro atoms. The number of ether oxygens (including phenoxy) is 1. The summed E-state index contributed by atoms with van der Waals surface area (Å²) in [5.41, 5.74) is 8.19. The van der Waals surface area contributed by atoms with E-state index in [9.17, 15) is 9.59 Å². The Labute approximate surface area is 182 Å². The molecule has 1 aromatic heterocycles. The van der Waals surface area contributed by atoms with E-state index >= 15 is 0 Å². The van der Waals surface area contributed by atoms with Gasteiger partial charge in [-0.15, -0.1) is 12.4 Å². The van der Waals surface area contributed by atoms with Gasteiger partial charge < -0.3 is 20.8 Å². The van der Waals surface area contributed by atoms with Gasteiger partial charge in [0, 0.05) is 5.69 Å². The average molecular weight is 443 g/mol. The van der Waals surface area contributed by atoms with Crippen LogP contribution < -0.4 is 11.1 Å². The van der Waals surface area contributed by atoms with Crippen LogP contribution in [0.5, 0.6) is 0 Å². The highest BCUT2D eigenvalue weighted by molar-refractivity contribution is 8.03. The summed E-state index contributed by atoms with van der Waals surface area (Å²) < 4.78 is 5.29. The lowest BCUT2D eigenvalue weighted by molar-refractivity contribution is -0.140. The Balaban J connectivity index is 0.00000218. The molecular weight excluding hydrogens is 424 g/mol. The number of esters is 1. The molecule has 30 heavy (non-hydrogen) atoms. The SMILES string of the molecule is CCOC(=O)C1=C(N)SC(c2nc3ccccc3[nH]2)C12C(=O)Nc1ccccc12.Cl. The lowest BCUT2D eigenvalue weighted by atomic mass is 9.72. The summed E-state index contributed by atoms with van der Waals surface area (Å²) in [6.45, 7) is 1.91. The van der Waals surface area contributed by atoms with E-state index in [1.54, 1.807) is 6.92 Å². The van der Waals surface area contributed by atoms with Gasteiger partial charge in [-0.25, -0.2) is 9.78 Å². The molecule has 5 rings (SSSR count). The van der Waals surface area contributed by atoms with Crippen molar-refractivity contribution < 1.29 is 14.3 Å². The smallest absolute Gasteiger partial charge is 0.338 e. The number of aromatic amines is 1. The monoisotopic (exact) mass is 442 g/mol. The molecular formula is C21H19ClN4O3S.